The first-order valence-electron chi connectivity index (χ1n) is 5.97. The van der Waals surface area contributed by atoms with E-state index in [2.05, 4.69) is 9.47 Å². The second kappa shape index (κ2) is 6.92. The molecular formula is C13H16F2O4. The predicted octanol–water partition coefficient (Wildman–Crippen LogP) is 3.01. The number of alkyl halides is 2. The van der Waals surface area contributed by atoms with E-state index in [1.165, 1.54) is 25.1 Å². The third-order valence-electron chi connectivity index (χ3n) is 2.06. The Balaban J connectivity index is 2.83. The van der Waals surface area contributed by atoms with Crippen molar-refractivity contribution in [1.82, 2.24) is 0 Å². The highest BCUT2D eigenvalue weighted by atomic mass is 19.3. The minimum atomic E-state index is -4.04. The molecule has 0 atom stereocenters. The number of rotatable bonds is 7. The van der Waals surface area contributed by atoms with E-state index in [9.17, 15) is 13.6 Å². The van der Waals surface area contributed by atoms with E-state index in [0.29, 0.717) is 6.61 Å². The van der Waals surface area contributed by atoms with Gasteiger partial charge in [0.2, 0.25) is 0 Å². The highest BCUT2D eigenvalue weighted by molar-refractivity contribution is 5.76. The van der Waals surface area contributed by atoms with Gasteiger partial charge in [-0.1, -0.05) is 19.1 Å². The second-order valence-corrected chi connectivity index (χ2v) is 3.63. The SMILES string of the molecule is CCCOc1ccccc1OC(F)(F)C(=O)OCC. The maximum atomic E-state index is 13.4. The minimum absolute atomic E-state index is 0.147. The summed E-state index contributed by atoms with van der Waals surface area (Å²) in [4.78, 5) is 11.1. The number of halogens is 2. The van der Waals surface area contributed by atoms with Gasteiger partial charge in [-0.25, -0.2) is 4.79 Å². The zero-order chi connectivity index (χ0) is 14.3. The third kappa shape index (κ3) is 4.39. The summed E-state index contributed by atoms with van der Waals surface area (Å²) < 4.78 is 40.8. The van der Waals surface area contributed by atoms with Crippen LogP contribution >= 0.6 is 0 Å². The fraction of sp³-hybridized carbons (Fsp3) is 0.462. The number of hydrogen-bond donors (Lipinski definition) is 0. The third-order valence-corrected chi connectivity index (χ3v) is 2.06. The van der Waals surface area contributed by atoms with Crippen molar-refractivity contribution < 1.29 is 27.8 Å². The Kier molecular flexibility index (Phi) is 5.54. The molecule has 1 aromatic rings. The standard InChI is InChI=1S/C13H16F2O4/c1-3-9-18-10-7-5-6-8-11(10)19-13(14,15)12(16)17-4-2/h5-8H,3-4,9H2,1-2H3. The van der Waals surface area contributed by atoms with Crippen LogP contribution in [0.2, 0.25) is 0 Å². The molecule has 0 aliphatic rings. The van der Waals surface area contributed by atoms with E-state index in [1.807, 2.05) is 6.92 Å². The normalized spacial score (nSPS) is 10.9. The lowest BCUT2D eigenvalue weighted by molar-refractivity contribution is -0.216. The average molecular weight is 274 g/mol. The summed E-state index contributed by atoms with van der Waals surface area (Å²) in [7, 11) is 0. The van der Waals surface area contributed by atoms with Gasteiger partial charge in [0.15, 0.2) is 11.5 Å². The van der Waals surface area contributed by atoms with E-state index in [-0.39, 0.29) is 18.1 Å². The van der Waals surface area contributed by atoms with E-state index < -0.39 is 12.1 Å². The number of ether oxygens (including phenoxy) is 3. The molecule has 1 rings (SSSR count). The van der Waals surface area contributed by atoms with Gasteiger partial charge >= 0.3 is 12.1 Å². The van der Waals surface area contributed by atoms with Gasteiger partial charge in [-0.3, -0.25) is 0 Å². The Morgan fingerprint density at radius 2 is 1.84 bits per heavy atom. The summed E-state index contributed by atoms with van der Waals surface area (Å²) in [6.07, 6.45) is -3.32. The van der Waals surface area contributed by atoms with Crippen LogP contribution in [-0.2, 0) is 9.53 Å². The summed E-state index contributed by atoms with van der Waals surface area (Å²) in [5.74, 6) is -1.76. The van der Waals surface area contributed by atoms with Crippen molar-refractivity contribution in [3.63, 3.8) is 0 Å². The number of hydrogen-bond acceptors (Lipinski definition) is 4. The zero-order valence-electron chi connectivity index (χ0n) is 10.8. The van der Waals surface area contributed by atoms with Crippen LogP contribution in [0.1, 0.15) is 20.3 Å². The lowest BCUT2D eigenvalue weighted by atomic mass is 10.3. The predicted molar refractivity (Wildman–Crippen MR) is 64.4 cm³/mol. The number of carbonyl (C=O) groups is 1. The highest BCUT2D eigenvalue weighted by Crippen LogP contribution is 2.31. The Bertz CT molecular complexity index is 421. The Labute approximate surface area is 110 Å². The maximum absolute atomic E-state index is 13.4. The molecule has 6 heteroatoms. The summed E-state index contributed by atoms with van der Waals surface area (Å²) in [5, 5.41) is 0. The molecule has 0 aliphatic carbocycles. The fourth-order valence-corrected chi connectivity index (χ4v) is 1.26. The number of benzene rings is 1. The van der Waals surface area contributed by atoms with E-state index in [1.54, 1.807) is 6.07 Å². The van der Waals surface area contributed by atoms with Crippen LogP contribution in [0.3, 0.4) is 0 Å². The van der Waals surface area contributed by atoms with Gasteiger partial charge in [-0.2, -0.15) is 8.78 Å². The van der Waals surface area contributed by atoms with Crippen LogP contribution in [0.25, 0.3) is 0 Å². The number of carbonyl (C=O) groups excluding carboxylic acids is 1. The topological polar surface area (TPSA) is 44.8 Å². The molecule has 0 saturated heterocycles. The largest absolute Gasteiger partial charge is 0.502 e. The van der Waals surface area contributed by atoms with Crippen LogP contribution in [0.5, 0.6) is 11.5 Å². The lowest BCUT2D eigenvalue weighted by Gasteiger charge is -2.18. The van der Waals surface area contributed by atoms with Gasteiger partial charge in [0, 0.05) is 0 Å². The monoisotopic (exact) mass is 274 g/mol. The summed E-state index contributed by atoms with van der Waals surface area (Å²) in [5.41, 5.74) is 0. The van der Waals surface area contributed by atoms with Crippen LogP contribution in [0, 0.1) is 0 Å². The Morgan fingerprint density at radius 1 is 1.21 bits per heavy atom. The van der Waals surface area contributed by atoms with Gasteiger partial charge in [0.25, 0.3) is 0 Å². The van der Waals surface area contributed by atoms with Crippen molar-refractivity contribution in [3.05, 3.63) is 24.3 Å². The lowest BCUT2D eigenvalue weighted by Crippen LogP contribution is -2.37. The number of para-hydroxylation sites is 2. The quantitative estimate of drug-likeness (QED) is 0.717. The minimum Gasteiger partial charge on any atom is -0.490 e. The van der Waals surface area contributed by atoms with Gasteiger partial charge in [0.1, 0.15) is 0 Å². The van der Waals surface area contributed by atoms with Crippen molar-refractivity contribution in [3.8, 4) is 11.5 Å². The molecule has 0 aliphatic heterocycles. The van der Waals surface area contributed by atoms with Crippen LogP contribution < -0.4 is 9.47 Å². The molecular weight excluding hydrogens is 258 g/mol. The van der Waals surface area contributed by atoms with Crippen LogP contribution in [0.4, 0.5) is 8.78 Å². The highest BCUT2D eigenvalue weighted by Gasteiger charge is 2.44. The van der Waals surface area contributed by atoms with Crippen molar-refractivity contribution in [2.24, 2.45) is 0 Å². The molecule has 0 saturated carbocycles. The van der Waals surface area contributed by atoms with Gasteiger partial charge in [-0.15, -0.1) is 0 Å². The van der Waals surface area contributed by atoms with E-state index in [4.69, 9.17) is 4.74 Å². The van der Waals surface area contributed by atoms with Gasteiger partial charge in [0.05, 0.1) is 13.2 Å². The summed E-state index contributed by atoms with van der Waals surface area (Å²) >= 11 is 0. The van der Waals surface area contributed by atoms with Crippen LogP contribution in [0.15, 0.2) is 24.3 Å². The van der Waals surface area contributed by atoms with Crippen molar-refractivity contribution in [2.45, 2.75) is 26.4 Å². The first-order chi connectivity index (χ1) is 9.01. The van der Waals surface area contributed by atoms with Crippen LogP contribution in [-0.4, -0.2) is 25.3 Å². The molecule has 19 heavy (non-hydrogen) atoms. The molecule has 0 heterocycles. The van der Waals surface area contributed by atoms with E-state index in [0.717, 1.165) is 6.42 Å². The molecule has 0 amide bonds. The molecule has 0 bridgehead atoms. The summed E-state index contributed by atoms with van der Waals surface area (Å²) in [6.45, 7) is 3.54. The molecule has 0 unspecified atom stereocenters. The zero-order valence-corrected chi connectivity index (χ0v) is 10.8. The molecule has 0 fully saturated rings. The average Bonchev–Trinajstić information content (AvgIpc) is 2.37. The van der Waals surface area contributed by atoms with Crippen molar-refractivity contribution in [1.29, 1.82) is 0 Å². The Hall–Kier alpha value is -1.85. The Morgan fingerprint density at radius 3 is 2.42 bits per heavy atom. The molecule has 1 aromatic carbocycles. The van der Waals surface area contributed by atoms with Crippen molar-refractivity contribution in [2.75, 3.05) is 13.2 Å². The molecule has 0 N–H and O–H groups in total. The second-order valence-electron chi connectivity index (χ2n) is 3.63. The fourth-order valence-electron chi connectivity index (χ4n) is 1.26. The molecule has 0 radical (unpaired) electrons. The smallest absolute Gasteiger partial charge is 0.490 e. The first kappa shape index (κ1) is 15.2. The molecule has 4 nitrogen and oxygen atoms in total. The molecule has 0 spiro atoms. The van der Waals surface area contributed by atoms with Crippen molar-refractivity contribution >= 4 is 5.97 Å². The molecule has 106 valence electrons. The van der Waals surface area contributed by atoms with Gasteiger partial charge < -0.3 is 14.2 Å². The maximum Gasteiger partial charge on any atom is 0.502 e. The van der Waals surface area contributed by atoms with E-state index >= 15 is 0 Å². The first-order valence-corrected chi connectivity index (χ1v) is 5.97. The van der Waals surface area contributed by atoms with Gasteiger partial charge in [-0.05, 0) is 25.5 Å². The summed E-state index contributed by atoms with van der Waals surface area (Å²) in [6, 6.07) is 5.93. The number of esters is 1. The molecule has 0 aromatic heterocycles.